The number of hydrogen-bond donors (Lipinski definition) is 0. The van der Waals surface area contributed by atoms with Crippen molar-refractivity contribution >= 4 is 46.6 Å². The molecule has 6 nitrogen and oxygen atoms in total. The number of thiazole rings is 1. The molecule has 2 aromatic carbocycles. The highest BCUT2D eigenvalue weighted by Gasteiger charge is 2.55. The van der Waals surface area contributed by atoms with E-state index >= 15 is 0 Å². The summed E-state index contributed by atoms with van der Waals surface area (Å²) in [6.07, 6.45) is 1.71. The van der Waals surface area contributed by atoms with E-state index in [-0.39, 0.29) is 5.56 Å². The van der Waals surface area contributed by atoms with Crippen LogP contribution in [0, 0.1) is 5.92 Å². The van der Waals surface area contributed by atoms with Crippen LogP contribution in [0.1, 0.15) is 24.1 Å². The molecule has 1 aromatic heterocycles. The summed E-state index contributed by atoms with van der Waals surface area (Å²) in [6, 6.07) is 11.8. The van der Waals surface area contributed by atoms with E-state index in [1.165, 1.54) is 18.4 Å². The maximum absolute atomic E-state index is 13.5. The summed E-state index contributed by atoms with van der Waals surface area (Å²) in [7, 11) is 1.32. The van der Waals surface area contributed by atoms with Gasteiger partial charge < -0.3 is 9.47 Å². The van der Waals surface area contributed by atoms with Crippen molar-refractivity contribution in [2.75, 3.05) is 7.11 Å². The van der Waals surface area contributed by atoms with Gasteiger partial charge in [0, 0.05) is 15.6 Å². The molecule has 158 valence electrons. The van der Waals surface area contributed by atoms with E-state index in [4.69, 9.17) is 37.7 Å². The van der Waals surface area contributed by atoms with E-state index in [9.17, 15) is 9.59 Å². The second-order valence-electron chi connectivity index (χ2n) is 7.49. The Labute approximate surface area is 191 Å². The average Bonchev–Trinajstić information content (AvgIpc) is 3.02. The summed E-state index contributed by atoms with van der Waals surface area (Å²) < 4.78 is 13.2. The number of hydrogen-bond acceptors (Lipinski definition) is 6. The van der Waals surface area contributed by atoms with E-state index in [0.29, 0.717) is 30.7 Å². The van der Waals surface area contributed by atoms with Crippen molar-refractivity contribution in [3.63, 3.8) is 0 Å². The van der Waals surface area contributed by atoms with E-state index in [1.54, 1.807) is 35.8 Å². The molecule has 0 aliphatic carbocycles. The van der Waals surface area contributed by atoms with Gasteiger partial charge in [-0.3, -0.25) is 14.2 Å². The predicted molar refractivity (Wildman–Crippen MR) is 119 cm³/mol. The molecule has 0 unspecified atom stereocenters. The van der Waals surface area contributed by atoms with Crippen molar-refractivity contribution < 1.29 is 14.3 Å². The first-order chi connectivity index (χ1) is 14.8. The van der Waals surface area contributed by atoms with Crippen LogP contribution in [0.25, 0.3) is 6.08 Å². The number of halogens is 2. The van der Waals surface area contributed by atoms with Gasteiger partial charge in [0.15, 0.2) is 4.80 Å². The Morgan fingerprint density at radius 2 is 2.06 bits per heavy atom. The van der Waals surface area contributed by atoms with E-state index < -0.39 is 23.7 Å². The second-order valence-corrected chi connectivity index (χ2v) is 9.34. The van der Waals surface area contributed by atoms with Crippen LogP contribution in [0.2, 0.25) is 10.0 Å². The molecule has 0 spiro atoms. The summed E-state index contributed by atoms with van der Waals surface area (Å²) >= 11 is 13.5. The first-order valence-corrected chi connectivity index (χ1v) is 11.0. The number of ether oxygens (including phenoxy) is 2. The molecule has 2 aliphatic heterocycles. The zero-order chi connectivity index (χ0) is 21.9. The number of benzene rings is 2. The van der Waals surface area contributed by atoms with Gasteiger partial charge in [0.05, 0.1) is 17.7 Å². The third-order valence-corrected chi connectivity index (χ3v) is 7.13. The Bertz CT molecular complexity index is 1410. The van der Waals surface area contributed by atoms with Gasteiger partial charge in [0.2, 0.25) is 5.72 Å². The van der Waals surface area contributed by atoms with Gasteiger partial charge >= 0.3 is 5.97 Å². The number of aromatic nitrogens is 1. The first-order valence-electron chi connectivity index (χ1n) is 9.46. The zero-order valence-electron chi connectivity index (χ0n) is 16.5. The molecule has 2 aliphatic rings. The molecule has 2 bridgehead atoms. The number of rotatable bonds is 2. The fourth-order valence-electron chi connectivity index (χ4n) is 4.19. The molecule has 31 heavy (non-hydrogen) atoms. The fraction of sp³-hybridized carbons (Fsp3) is 0.227. The topological polar surface area (TPSA) is 69.9 Å². The van der Waals surface area contributed by atoms with Crippen molar-refractivity contribution in [2.24, 2.45) is 10.9 Å². The van der Waals surface area contributed by atoms with E-state index in [2.05, 4.69) is 0 Å². The average molecular weight is 475 g/mol. The SMILES string of the molecule is COC(=O)[C@@H]1[C@@H]2c3ccccc3O[C@]1(C)N=c1s/c(=C/c3ccc(Cl)cc3Cl)c(=O)n12. The van der Waals surface area contributed by atoms with Gasteiger partial charge in [0.1, 0.15) is 11.7 Å². The smallest absolute Gasteiger partial charge is 0.317 e. The van der Waals surface area contributed by atoms with Gasteiger partial charge in [-0.15, -0.1) is 0 Å². The Balaban J connectivity index is 1.80. The van der Waals surface area contributed by atoms with Crippen molar-refractivity contribution in [1.29, 1.82) is 0 Å². The van der Waals surface area contributed by atoms with E-state index in [0.717, 1.165) is 5.56 Å². The fourth-order valence-corrected chi connectivity index (χ4v) is 5.74. The third kappa shape index (κ3) is 3.11. The van der Waals surface area contributed by atoms with E-state index in [1.807, 2.05) is 24.3 Å². The van der Waals surface area contributed by atoms with Crippen LogP contribution in [0.15, 0.2) is 52.3 Å². The molecule has 3 atom stereocenters. The summed E-state index contributed by atoms with van der Waals surface area (Å²) in [6.45, 7) is 1.74. The summed E-state index contributed by atoms with van der Waals surface area (Å²) in [5.74, 6) is -0.700. The van der Waals surface area contributed by atoms with Gasteiger partial charge in [-0.05, 0) is 36.8 Å². The highest BCUT2D eigenvalue weighted by atomic mass is 35.5. The van der Waals surface area contributed by atoms with Gasteiger partial charge in [-0.25, -0.2) is 4.99 Å². The van der Waals surface area contributed by atoms with Crippen LogP contribution in [-0.2, 0) is 9.53 Å². The minimum absolute atomic E-state index is 0.257. The van der Waals surface area contributed by atoms with Gasteiger partial charge in [-0.2, -0.15) is 0 Å². The molecule has 3 heterocycles. The maximum Gasteiger partial charge on any atom is 0.317 e. The minimum atomic E-state index is -1.20. The Morgan fingerprint density at radius 1 is 1.29 bits per heavy atom. The number of methoxy groups -OCH3 is 1. The Kier molecular flexibility index (Phi) is 4.73. The van der Waals surface area contributed by atoms with Gasteiger partial charge in [-0.1, -0.05) is 58.8 Å². The Hall–Kier alpha value is -2.61. The van der Waals surface area contributed by atoms with Crippen LogP contribution in [0.5, 0.6) is 5.75 Å². The zero-order valence-corrected chi connectivity index (χ0v) is 18.8. The standard InChI is InChI=1S/C22H16Cl2N2O4S/c1-22-17(20(28)29-2)18(13-5-3-4-6-15(13)30-22)26-19(27)16(31-21(26)25-22)9-11-7-8-12(23)10-14(11)24/h3-10,17-18H,1-2H3/b16-9+/t17-,18-,22-/m0/s1. The molecule has 0 N–H and O–H groups in total. The molecule has 3 aromatic rings. The van der Waals surface area contributed by atoms with Crippen LogP contribution in [0.4, 0.5) is 0 Å². The summed E-state index contributed by atoms with van der Waals surface area (Å²) in [5, 5.41) is 0.947. The summed E-state index contributed by atoms with van der Waals surface area (Å²) in [4.78, 5) is 31.4. The minimum Gasteiger partial charge on any atom is -0.469 e. The second kappa shape index (κ2) is 7.22. The molecule has 0 saturated heterocycles. The van der Waals surface area contributed by atoms with Crippen LogP contribution in [-0.4, -0.2) is 23.4 Å². The highest BCUT2D eigenvalue weighted by Crippen LogP contribution is 2.47. The summed E-state index contributed by atoms with van der Waals surface area (Å²) in [5.41, 5.74) is -0.0499. The van der Waals surface area contributed by atoms with Crippen LogP contribution < -0.4 is 19.6 Å². The van der Waals surface area contributed by atoms with Crippen molar-refractivity contribution in [2.45, 2.75) is 18.7 Å². The lowest BCUT2D eigenvalue weighted by Gasteiger charge is -2.44. The molecular formula is C22H16Cl2N2O4S. The van der Waals surface area contributed by atoms with Crippen molar-refractivity contribution in [3.05, 3.63) is 83.3 Å². The number of carbonyl (C=O) groups is 1. The normalized spacial score (nSPS) is 23.9. The number of carbonyl (C=O) groups excluding carboxylic acids is 1. The molecule has 0 saturated carbocycles. The Morgan fingerprint density at radius 3 is 2.81 bits per heavy atom. The van der Waals surface area contributed by atoms with Crippen molar-refractivity contribution in [1.82, 2.24) is 4.57 Å². The molecule has 5 rings (SSSR count). The van der Waals surface area contributed by atoms with Gasteiger partial charge in [0.25, 0.3) is 5.56 Å². The molecule has 0 amide bonds. The lowest BCUT2D eigenvalue weighted by Crippen LogP contribution is -2.58. The van der Waals surface area contributed by atoms with Crippen LogP contribution >= 0.6 is 34.5 Å². The third-order valence-electron chi connectivity index (χ3n) is 5.58. The number of fused-ring (bicyclic) bond motifs is 6. The molecular weight excluding hydrogens is 459 g/mol. The quantitative estimate of drug-likeness (QED) is 0.534. The number of esters is 1. The highest BCUT2D eigenvalue weighted by molar-refractivity contribution is 7.07. The molecule has 9 heteroatoms. The van der Waals surface area contributed by atoms with Crippen molar-refractivity contribution in [3.8, 4) is 5.75 Å². The number of para-hydroxylation sites is 1. The predicted octanol–water partition coefficient (Wildman–Crippen LogP) is 3.17. The molecule has 0 radical (unpaired) electrons. The lowest BCUT2D eigenvalue weighted by molar-refractivity contribution is -0.158. The largest absolute Gasteiger partial charge is 0.469 e. The maximum atomic E-state index is 13.5. The monoisotopic (exact) mass is 474 g/mol. The number of nitrogens with zero attached hydrogens (tertiary/aromatic N) is 2. The van der Waals surface area contributed by atoms with Crippen LogP contribution in [0.3, 0.4) is 0 Å². The molecule has 0 fully saturated rings. The first kappa shape index (κ1) is 20.3. The lowest BCUT2D eigenvalue weighted by atomic mass is 9.81.